The highest BCUT2D eigenvalue weighted by Gasteiger charge is 2.15. The van der Waals surface area contributed by atoms with Gasteiger partial charge < -0.3 is 15.4 Å². The van der Waals surface area contributed by atoms with Crippen molar-refractivity contribution in [3.05, 3.63) is 29.3 Å². The van der Waals surface area contributed by atoms with Crippen molar-refractivity contribution in [2.24, 2.45) is 5.73 Å². The minimum atomic E-state index is 0.136. The van der Waals surface area contributed by atoms with Gasteiger partial charge in [-0.25, -0.2) is 0 Å². The van der Waals surface area contributed by atoms with Crippen molar-refractivity contribution in [2.75, 3.05) is 26.2 Å². The normalized spacial score (nSPS) is 15.6. The second-order valence-electron chi connectivity index (χ2n) is 4.89. The van der Waals surface area contributed by atoms with Gasteiger partial charge in [-0.2, -0.15) is 0 Å². The summed E-state index contributed by atoms with van der Waals surface area (Å²) < 4.78 is 5.52. The molecule has 1 heterocycles. The van der Waals surface area contributed by atoms with Gasteiger partial charge in [0.25, 0.3) is 0 Å². The second kappa shape index (κ2) is 6.21. The van der Waals surface area contributed by atoms with Crippen LogP contribution in [0.3, 0.4) is 0 Å². The Labute approximate surface area is 110 Å². The Morgan fingerprint density at radius 3 is 2.83 bits per heavy atom. The summed E-state index contributed by atoms with van der Waals surface area (Å²) in [7, 11) is 0. The number of rotatable bonds is 6. The molecule has 0 spiro atoms. The minimum Gasteiger partial charge on any atom is -0.493 e. The van der Waals surface area contributed by atoms with Gasteiger partial charge in [-0.1, -0.05) is 26.0 Å². The number of hydrogen-bond donors (Lipinski definition) is 1. The smallest absolute Gasteiger partial charge is 0.122 e. The Kier molecular flexibility index (Phi) is 4.61. The van der Waals surface area contributed by atoms with Crippen molar-refractivity contribution in [1.82, 2.24) is 4.90 Å². The number of ether oxygens (including phenoxy) is 1. The van der Waals surface area contributed by atoms with Crippen LogP contribution in [-0.2, 0) is 6.42 Å². The van der Waals surface area contributed by atoms with E-state index < -0.39 is 0 Å². The van der Waals surface area contributed by atoms with Crippen LogP contribution in [0.1, 0.15) is 37.4 Å². The lowest BCUT2D eigenvalue weighted by Gasteiger charge is -2.21. The minimum absolute atomic E-state index is 0.136. The van der Waals surface area contributed by atoms with Crippen molar-refractivity contribution >= 4 is 0 Å². The number of fused-ring (bicyclic) bond motifs is 1. The lowest BCUT2D eigenvalue weighted by atomic mass is 10.0. The SMILES string of the molecule is CCN(CC)CCC(N)c1ccc2c(c1)CCO2. The molecule has 3 heteroatoms. The Balaban J connectivity index is 1.94. The Morgan fingerprint density at radius 2 is 2.11 bits per heavy atom. The average Bonchev–Trinajstić information content (AvgIpc) is 2.86. The third kappa shape index (κ3) is 3.03. The molecule has 3 nitrogen and oxygen atoms in total. The van der Waals surface area contributed by atoms with E-state index in [1.54, 1.807) is 0 Å². The van der Waals surface area contributed by atoms with Crippen molar-refractivity contribution in [3.8, 4) is 5.75 Å². The lowest BCUT2D eigenvalue weighted by Crippen LogP contribution is -2.27. The van der Waals surface area contributed by atoms with E-state index in [1.807, 2.05) is 0 Å². The van der Waals surface area contributed by atoms with Crippen molar-refractivity contribution in [2.45, 2.75) is 32.7 Å². The molecule has 1 aliphatic heterocycles. The van der Waals surface area contributed by atoms with Crippen LogP contribution in [0.25, 0.3) is 0 Å². The third-order valence-electron chi connectivity index (χ3n) is 3.79. The van der Waals surface area contributed by atoms with E-state index in [0.29, 0.717) is 0 Å². The van der Waals surface area contributed by atoms with Gasteiger partial charge in [-0.15, -0.1) is 0 Å². The van der Waals surface area contributed by atoms with Crippen LogP contribution < -0.4 is 10.5 Å². The molecule has 0 amide bonds. The van der Waals surface area contributed by atoms with Crippen LogP contribution in [0, 0.1) is 0 Å². The van der Waals surface area contributed by atoms with E-state index >= 15 is 0 Å². The molecule has 0 saturated heterocycles. The molecule has 0 saturated carbocycles. The Hall–Kier alpha value is -1.06. The van der Waals surface area contributed by atoms with E-state index in [9.17, 15) is 0 Å². The van der Waals surface area contributed by atoms with Crippen LogP contribution in [0.2, 0.25) is 0 Å². The van der Waals surface area contributed by atoms with E-state index in [0.717, 1.165) is 44.8 Å². The first kappa shape index (κ1) is 13.4. The van der Waals surface area contributed by atoms with Crippen molar-refractivity contribution < 1.29 is 4.74 Å². The number of nitrogens with two attached hydrogens (primary N) is 1. The number of benzene rings is 1. The van der Waals surface area contributed by atoms with Gasteiger partial charge in [-0.3, -0.25) is 0 Å². The zero-order valence-electron chi connectivity index (χ0n) is 11.5. The van der Waals surface area contributed by atoms with Crippen LogP contribution in [-0.4, -0.2) is 31.1 Å². The van der Waals surface area contributed by atoms with Crippen LogP contribution >= 0.6 is 0 Å². The fourth-order valence-corrected chi connectivity index (χ4v) is 2.47. The molecule has 0 bridgehead atoms. The lowest BCUT2D eigenvalue weighted by molar-refractivity contribution is 0.291. The maximum absolute atomic E-state index is 6.28. The van der Waals surface area contributed by atoms with E-state index in [-0.39, 0.29) is 6.04 Å². The molecule has 1 aromatic carbocycles. The number of hydrogen-bond acceptors (Lipinski definition) is 3. The van der Waals surface area contributed by atoms with Crippen molar-refractivity contribution in [1.29, 1.82) is 0 Å². The molecule has 2 rings (SSSR count). The molecule has 1 aromatic rings. The molecule has 2 N–H and O–H groups in total. The van der Waals surface area contributed by atoms with E-state index in [2.05, 4.69) is 36.9 Å². The van der Waals surface area contributed by atoms with Gasteiger partial charge in [0.1, 0.15) is 5.75 Å². The Bertz CT molecular complexity index is 388. The average molecular weight is 248 g/mol. The molecule has 1 atom stereocenters. The van der Waals surface area contributed by atoms with Crippen LogP contribution in [0.4, 0.5) is 0 Å². The highest BCUT2D eigenvalue weighted by Crippen LogP contribution is 2.28. The highest BCUT2D eigenvalue weighted by atomic mass is 16.5. The summed E-state index contributed by atoms with van der Waals surface area (Å²) in [5.41, 5.74) is 8.83. The zero-order chi connectivity index (χ0) is 13.0. The van der Waals surface area contributed by atoms with Gasteiger partial charge in [-0.05, 0) is 43.2 Å². The molecule has 0 aromatic heterocycles. The van der Waals surface area contributed by atoms with Gasteiger partial charge in [0.15, 0.2) is 0 Å². The molecule has 1 unspecified atom stereocenters. The summed E-state index contributed by atoms with van der Waals surface area (Å²) in [5, 5.41) is 0. The number of nitrogens with zero attached hydrogens (tertiary/aromatic N) is 1. The summed E-state index contributed by atoms with van der Waals surface area (Å²) in [6.07, 6.45) is 2.03. The molecule has 0 radical (unpaired) electrons. The third-order valence-corrected chi connectivity index (χ3v) is 3.79. The molecular weight excluding hydrogens is 224 g/mol. The van der Waals surface area contributed by atoms with Crippen LogP contribution in [0.5, 0.6) is 5.75 Å². The van der Waals surface area contributed by atoms with Crippen LogP contribution in [0.15, 0.2) is 18.2 Å². The van der Waals surface area contributed by atoms with Gasteiger partial charge in [0, 0.05) is 12.5 Å². The monoisotopic (exact) mass is 248 g/mol. The van der Waals surface area contributed by atoms with E-state index in [4.69, 9.17) is 10.5 Å². The predicted molar refractivity (Wildman–Crippen MR) is 75.0 cm³/mol. The van der Waals surface area contributed by atoms with Gasteiger partial charge in [0.2, 0.25) is 0 Å². The summed E-state index contributed by atoms with van der Waals surface area (Å²) in [6, 6.07) is 6.53. The maximum atomic E-state index is 6.28. The molecule has 1 aliphatic rings. The van der Waals surface area contributed by atoms with Gasteiger partial charge in [0.05, 0.1) is 6.61 Å². The van der Waals surface area contributed by atoms with E-state index in [1.165, 1.54) is 11.1 Å². The Morgan fingerprint density at radius 1 is 1.33 bits per heavy atom. The molecular formula is C15H24N2O. The fourth-order valence-electron chi connectivity index (χ4n) is 2.47. The predicted octanol–water partition coefficient (Wildman–Crippen LogP) is 2.35. The molecule has 18 heavy (non-hydrogen) atoms. The summed E-state index contributed by atoms with van der Waals surface area (Å²) in [6.45, 7) is 8.47. The standard InChI is InChI=1S/C15H24N2O/c1-3-17(4-2)9-7-14(16)12-5-6-15-13(11-12)8-10-18-15/h5-6,11,14H,3-4,7-10,16H2,1-2H3. The molecule has 0 fully saturated rings. The maximum Gasteiger partial charge on any atom is 0.122 e. The summed E-state index contributed by atoms with van der Waals surface area (Å²) in [4.78, 5) is 2.41. The first-order valence-corrected chi connectivity index (χ1v) is 6.98. The first-order valence-electron chi connectivity index (χ1n) is 6.98. The second-order valence-corrected chi connectivity index (χ2v) is 4.89. The summed E-state index contributed by atoms with van der Waals surface area (Å²) in [5.74, 6) is 1.04. The quantitative estimate of drug-likeness (QED) is 0.840. The molecule has 0 aliphatic carbocycles. The first-order chi connectivity index (χ1) is 8.74. The summed E-state index contributed by atoms with van der Waals surface area (Å²) >= 11 is 0. The van der Waals surface area contributed by atoms with Crippen molar-refractivity contribution in [3.63, 3.8) is 0 Å². The highest BCUT2D eigenvalue weighted by molar-refractivity contribution is 5.40. The molecule has 100 valence electrons. The zero-order valence-corrected chi connectivity index (χ0v) is 11.5. The van der Waals surface area contributed by atoms with Gasteiger partial charge >= 0.3 is 0 Å². The topological polar surface area (TPSA) is 38.5 Å². The fraction of sp³-hybridized carbons (Fsp3) is 0.600. The largest absolute Gasteiger partial charge is 0.493 e.